The van der Waals surface area contributed by atoms with E-state index in [1.807, 2.05) is 24.5 Å². The highest BCUT2D eigenvalue weighted by Gasteiger charge is 2.60. The first-order chi connectivity index (χ1) is 14.4. The van der Waals surface area contributed by atoms with Gasteiger partial charge in [0.15, 0.2) is 0 Å². The SMILES string of the molecule is C[C@]12CCC(O)C[C@H]1CC[C@@H]1[C@@H]2CC[C@]2(C)[C@@H](C(=O)CCc3ccncc3)CC[C@@H]12. The summed E-state index contributed by atoms with van der Waals surface area (Å²) >= 11 is 0. The number of aliphatic hydroxyl groups is 1. The maximum atomic E-state index is 13.3. The van der Waals surface area contributed by atoms with Crippen molar-refractivity contribution in [3.8, 4) is 0 Å². The third kappa shape index (κ3) is 3.27. The highest BCUT2D eigenvalue weighted by atomic mass is 16.3. The molecule has 30 heavy (non-hydrogen) atoms. The first-order valence-corrected chi connectivity index (χ1v) is 12.5. The Hall–Kier alpha value is -1.22. The van der Waals surface area contributed by atoms with Crippen molar-refractivity contribution >= 4 is 5.78 Å². The van der Waals surface area contributed by atoms with Crippen LogP contribution in [0.3, 0.4) is 0 Å². The smallest absolute Gasteiger partial charge is 0.136 e. The molecule has 1 unspecified atom stereocenters. The van der Waals surface area contributed by atoms with E-state index >= 15 is 0 Å². The molecule has 1 N–H and O–H groups in total. The van der Waals surface area contributed by atoms with E-state index in [1.165, 1.54) is 44.1 Å². The Balaban J connectivity index is 1.30. The van der Waals surface area contributed by atoms with Crippen molar-refractivity contribution in [3.63, 3.8) is 0 Å². The van der Waals surface area contributed by atoms with Crippen LogP contribution in [-0.4, -0.2) is 22.0 Å². The fourth-order valence-electron chi connectivity index (χ4n) is 8.76. The van der Waals surface area contributed by atoms with Crippen LogP contribution in [0.4, 0.5) is 0 Å². The largest absolute Gasteiger partial charge is 0.393 e. The number of aliphatic hydroxyl groups excluding tert-OH is 1. The Morgan fingerprint density at radius 2 is 1.73 bits per heavy atom. The molecular weight excluding hydrogens is 370 g/mol. The summed E-state index contributed by atoms with van der Waals surface area (Å²) in [6.07, 6.45) is 15.9. The fraction of sp³-hybridized carbons (Fsp3) is 0.778. The normalized spacial score (nSPS) is 45.3. The Kier molecular flexibility index (Phi) is 5.32. The van der Waals surface area contributed by atoms with E-state index in [2.05, 4.69) is 18.8 Å². The summed E-state index contributed by atoms with van der Waals surface area (Å²) in [6.45, 7) is 5.02. The van der Waals surface area contributed by atoms with Gasteiger partial charge in [0, 0.05) is 24.7 Å². The first kappa shape index (κ1) is 20.7. The molecule has 1 aromatic heterocycles. The highest BCUT2D eigenvalue weighted by molar-refractivity contribution is 5.82. The van der Waals surface area contributed by atoms with Gasteiger partial charge in [-0.05, 0) is 116 Å². The van der Waals surface area contributed by atoms with E-state index in [0.717, 1.165) is 43.4 Å². The number of nitrogens with zero attached hydrogens (tertiary/aromatic N) is 1. The number of carbonyl (C=O) groups excluding carboxylic acids is 1. The molecule has 3 heteroatoms. The molecule has 0 amide bonds. The van der Waals surface area contributed by atoms with Gasteiger partial charge in [-0.1, -0.05) is 13.8 Å². The third-order valence-electron chi connectivity index (χ3n) is 10.4. The number of hydrogen-bond acceptors (Lipinski definition) is 3. The molecule has 1 heterocycles. The van der Waals surface area contributed by atoms with Crippen LogP contribution < -0.4 is 0 Å². The molecule has 0 spiro atoms. The summed E-state index contributed by atoms with van der Waals surface area (Å²) < 4.78 is 0. The van der Waals surface area contributed by atoms with Gasteiger partial charge >= 0.3 is 0 Å². The van der Waals surface area contributed by atoms with Crippen molar-refractivity contribution in [1.29, 1.82) is 0 Å². The lowest BCUT2D eigenvalue weighted by molar-refractivity contribution is -0.139. The van der Waals surface area contributed by atoms with Crippen molar-refractivity contribution in [2.45, 2.75) is 90.6 Å². The van der Waals surface area contributed by atoms with E-state index in [9.17, 15) is 9.90 Å². The summed E-state index contributed by atoms with van der Waals surface area (Å²) in [6, 6.07) is 4.08. The van der Waals surface area contributed by atoms with Gasteiger partial charge in [0.05, 0.1) is 6.10 Å². The zero-order valence-corrected chi connectivity index (χ0v) is 18.9. The summed E-state index contributed by atoms with van der Waals surface area (Å²) in [5.74, 6) is 3.84. The van der Waals surface area contributed by atoms with Crippen LogP contribution in [0.15, 0.2) is 24.5 Å². The molecule has 4 saturated carbocycles. The molecule has 164 valence electrons. The van der Waals surface area contributed by atoms with Crippen LogP contribution in [-0.2, 0) is 11.2 Å². The lowest BCUT2D eigenvalue weighted by Gasteiger charge is -2.60. The van der Waals surface area contributed by atoms with E-state index in [-0.39, 0.29) is 17.4 Å². The molecule has 0 saturated heterocycles. The Bertz CT molecular complexity index is 778. The maximum absolute atomic E-state index is 13.3. The lowest BCUT2D eigenvalue weighted by atomic mass is 9.44. The summed E-state index contributed by atoms with van der Waals surface area (Å²) in [7, 11) is 0. The van der Waals surface area contributed by atoms with Crippen LogP contribution >= 0.6 is 0 Å². The molecule has 4 fully saturated rings. The molecule has 1 aromatic rings. The molecule has 0 bridgehead atoms. The van der Waals surface area contributed by atoms with Gasteiger partial charge in [-0.2, -0.15) is 0 Å². The number of aromatic nitrogens is 1. The second kappa shape index (κ2) is 7.73. The van der Waals surface area contributed by atoms with Crippen molar-refractivity contribution in [2.24, 2.45) is 40.4 Å². The zero-order valence-electron chi connectivity index (χ0n) is 18.9. The van der Waals surface area contributed by atoms with Crippen LogP contribution in [0.1, 0.15) is 83.6 Å². The maximum Gasteiger partial charge on any atom is 0.136 e. The van der Waals surface area contributed by atoms with Gasteiger partial charge in [0.2, 0.25) is 0 Å². The van der Waals surface area contributed by atoms with E-state index in [4.69, 9.17) is 0 Å². The number of rotatable bonds is 4. The number of Topliss-reactive ketones (excluding diaryl/α,β-unsaturated/α-hetero) is 1. The topological polar surface area (TPSA) is 50.2 Å². The molecule has 3 nitrogen and oxygen atoms in total. The van der Waals surface area contributed by atoms with Gasteiger partial charge in [0.25, 0.3) is 0 Å². The number of ketones is 1. The molecule has 0 aliphatic heterocycles. The second-order valence-electron chi connectivity index (χ2n) is 11.6. The quantitative estimate of drug-likeness (QED) is 0.704. The third-order valence-corrected chi connectivity index (χ3v) is 10.4. The molecule has 8 atom stereocenters. The Labute approximate surface area is 182 Å². The van der Waals surface area contributed by atoms with Crippen LogP contribution in [0.25, 0.3) is 0 Å². The van der Waals surface area contributed by atoms with Crippen LogP contribution in [0.2, 0.25) is 0 Å². The zero-order chi connectivity index (χ0) is 20.9. The van der Waals surface area contributed by atoms with E-state index in [1.54, 1.807) is 0 Å². The average molecular weight is 410 g/mol. The standard InChI is InChI=1S/C27H39NO2/c1-26-13-9-20(29)17-19(26)4-5-21-22-6-7-24(27(22,2)14-10-23(21)26)25(30)8-3-18-11-15-28-16-12-18/h11-12,15-16,19-24,29H,3-10,13-14,17H2,1-2H3/t19-,20?,21+,22+,23+,24-,26+,27+/m1/s1. The lowest BCUT2D eigenvalue weighted by Crippen LogP contribution is -2.54. The number of pyridine rings is 1. The Morgan fingerprint density at radius 1 is 1.00 bits per heavy atom. The van der Waals surface area contributed by atoms with Gasteiger partial charge in [0.1, 0.15) is 5.78 Å². The predicted octanol–water partition coefficient (Wildman–Crippen LogP) is 5.60. The van der Waals surface area contributed by atoms with Gasteiger partial charge in [-0.25, -0.2) is 0 Å². The number of fused-ring (bicyclic) bond motifs is 5. The minimum absolute atomic E-state index is 0.0673. The molecule has 5 rings (SSSR count). The molecular formula is C27H39NO2. The summed E-state index contributed by atoms with van der Waals surface area (Å²) in [4.78, 5) is 17.4. The van der Waals surface area contributed by atoms with Gasteiger partial charge < -0.3 is 5.11 Å². The number of aryl methyl sites for hydroxylation is 1. The van der Waals surface area contributed by atoms with Gasteiger partial charge in [-0.3, -0.25) is 9.78 Å². The van der Waals surface area contributed by atoms with Crippen molar-refractivity contribution < 1.29 is 9.90 Å². The minimum atomic E-state index is -0.0673. The highest BCUT2D eigenvalue weighted by Crippen LogP contribution is 2.67. The molecule has 4 aliphatic rings. The van der Waals surface area contributed by atoms with Crippen LogP contribution in [0.5, 0.6) is 0 Å². The van der Waals surface area contributed by atoms with E-state index in [0.29, 0.717) is 23.5 Å². The summed E-state index contributed by atoms with van der Waals surface area (Å²) in [5, 5.41) is 10.2. The summed E-state index contributed by atoms with van der Waals surface area (Å²) in [5.41, 5.74) is 1.87. The van der Waals surface area contributed by atoms with Crippen molar-refractivity contribution in [1.82, 2.24) is 4.98 Å². The number of hydrogen-bond donors (Lipinski definition) is 1. The average Bonchev–Trinajstić information content (AvgIpc) is 3.10. The second-order valence-corrected chi connectivity index (χ2v) is 11.6. The monoisotopic (exact) mass is 409 g/mol. The molecule has 0 aromatic carbocycles. The van der Waals surface area contributed by atoms with Crippen LogP contribution in [0, 0.1) is 40.4 Å². The molecule has 0 radical (unpaired) electrons. The minimum Gasteiger partial charge on any atom is -0.393 e. The van der Waals surface area contributed by atoms with Crippen molar-refractivity contribution in [3.05, 3.63) is 30.1 Å². The van der Waals surface area contributed by atoms with E-state index < -0.39 is 0 Å². The predicted molar refractivity (Wildman–Crippen MR) is 119 cm³/mol. The molecule has 4 aliphatic carbocycles. The fourth-order valence-corrected chi connectivity index (χ4v) is 8.76. The first-order valence-electron chi connectivity index (χ1n) is 12.5. The van der Waals surface area contributed by atoms with Crippen molar-refractivity contribution in [2.75, 3.05) is 0 Å². The number of carbonyl (C=O) groups is 1. The Morgan fingerprint density at radius 3 is 2.53 bits per heavy atom. The van der Waals surface area contributed by atoms with Gasteiger partial charge in [-0.15, -0.1) is 0 Å².